The fraction of sp³-hybridized carbons (Fsp3) is 0.571. The third-order valence-electron chi connectivity index (χ3n) is 3.58. The fourth-order valence-corrected chi connectivity index (χ4v) is 2.52. The van der Waals surface area contributed by atoms with E-state index in [0.717, 1.165) is 43.5 Å². The zero-order chi connectivity index (χ0) is 13.0. The molecule has 18 heavy (non-hydrogen) atoms. The molecule has 0 spiro atoms. The third kappa shape index (κ3) is 3.22. The quantitative estimate of drug-likeness (QED) is 0.807. The molecule has 0 aromatic carbocycles. The van der Waals surface area contributed by atoms with Crippen LogP contribution < -0.4 is 5.32 Å². The number of aliphatic carboxylic acids is 1. The van der Waals surface area contributed by atoms with Gasteiger partial charge in [-0.25, -0.2) is 4.98 Å². The van der Waals surface area contributed by atoms with Crippen LogP contribution in [0.1, 0.15) is 37.7 Å². The molecule has 0 bridgehead atoms. The number of aromatic nitrogens is 1. The number of hydrogen-bond donors (Lipinski definition) is 2. The Kier molecular flexibility index (Phi) is 4.18. The van der Waals surface area contributed by atoms with E-state index in [4.69, 9.17) is 0 Å². The Bertz CT molecular complexity index is 403. The van der Waals surface area contributed by atoms with Crippen LogP contribution in [0.2, 0.25) is 0 Å². The second kappa shape index (κ2) is 5.85. The summed E-state index contributed by atoms with van der Waals surface area (Å²) in [6.45, 7) is 1.99. The highest BCUT2D eigenvalue weighted by molar-refractivity contribution is 5.71. The Labute approximate surface area is 107 Å². The number of hydrogen-bond acceptors (Lipinski definition) is 3. The highest BCUT2D eigenvalue weighted by Gasteiger charge is 2.29. The van der Waals surface area contributed by atoms with Gasteiger partial charge in [0.1, 0.15) is 5.82 Å². The largest absolute Gasteiger partial charge is 0.481 e. The number of nitrogens with one attached hydrogen (secondary N) is 1. The van der Waals surface area contributed by atoms with Crippen molar-refractivity contribution in [3.8, 4) is 0 Å². The number of carbonyl (C=O) groups is 1. The van der Waals surface area contributed by atoms with Crippen molar-refractivity contribution in [2.24, 2.45) is 5.92 Å². The molecule has 0 saturated heterocycles. The molecule has 2 rings (SSSR count). The van der Waals surface area contributed by atoms with Crippen molar-refractivity contribution in [3.63, 3.8) is 0 Å². The minimum atomic E-state index is -0.693. The topological polar surface area (TPSA) is 62.2 Å². The average Bonchev–Trinajstić information content (AvgIpc) is 2.57. The molecule has 0 aliphatic heterocycles. The summed E-state index contributed by atoms with van der Waals surface area (Å²) >= 11 is 0. The van der Waals surface area contributed by atoms with E-state index in [-0.39, 0.29) is 12.0 Å². The summed E-state index contributed by atoms with van der Waals surface area (Å²) in [4.78, 5) is 15.6. The molecule has 1 fully saturated rings. The average molecular weight is 248 g/mol. The number of rotatable bonds is 3. The first-order valence-electron chi connectivity index (χ1n) is 6.59. The molecule has 2 unspecified atom stereocenters. The molecule has 2 N–H and O–H groups in total. The van der Waals surface area contributed by atoms with Gasteiger partial charge >= 0.3 is 5.97 Å². The number of nitrogens with zero attached hydrogens (tertiary/aromatic N) is 1. The van der Waals surface area contributed by atoms with E-state index in [1.165, 1.54) is 0 Å². The van der Waals surface area contributed by atoms with Gasteiger partial charge in [-0.3, -0.25) is 4.79 Å². The molecule has 1 aliphatic carbocycles. The van der Waals surface area contributed by atoms with Crippen LogP contribution in [0.3, 0.4) is 0 Å². The maximum Gasteiger partial charge on any atom is 0.308 e. The normalized spacial score (nSPS) is 24.3. The van der Waals surface area contributed by atoms with E-state index in [1.54, 1.807) is 6.20 Å². The standard InChI is InChI=1S/C14H20N2O2/c1-10-7-8-13(15-9-10)16-12-6-4-2-3-5-11(12)14(17)18/h7-9,11-12H,2-6H2,1H3,(H,15,16)(H,17,18). The van der Waals surface area contributed by atoms with E-state index < -0.39 is 5.97 Å². The lowest BCUT2D eigenvalue weighted by Gasteiger charge is -2.23. The van der Waals surface area contributed by atoms with Crippen molar-refractivity contribution >= 4 is 11.8 Å². The Morgan fingerprint density at radius 3 is 2.78 bits per heavy atom. The highest BCUT2D eigenvalue weighted by Crippen LogP contribution is 2.26. The molecule has 1 aromatic rings. The minimum Gasteiger partial charge on any atom is -0.481 e. The van der Waals surface area contributed by atoms with Gasteiger partial charge in [0.15, 0.2) is 0 Å². The van der Waals surface area contributed by atoms with Crippen molar-refractivity contribution in [1.82, 2.24) is 4.98 Å². The summed E-state index contributed by atoms with van der Waals surface area (Å²) in [5.41, 5.74) is 1.11. The monoisotopic (exact) mass is 248 g/mol. The van der Waals surface area contributed by atoms with E-state index in [0.29, 0.717) is 0 Å². The Morgan fingerprint density at radius 2 is 2.11 bits per heavy atom. The highest BCUT2D eigenvalue weighted by atomic mass is 16.4. The van der Waals surface area contributed by atoms with Crippen LogP contribution in [0.15, 0.2) is 18.3 Å². The summed E-state index contributed by atoms with van der Waals surface area (Å²) < 4.78 is 0. The van der Waals surface area contributed by atoms with Gasteiger partial charge in [0, 0.05) is 12.2 Å². The number of pyridine rings is 1. The van der Waals surface area contributed by atoms with Crippen molar-refractivity contribution in [1.29, 1.82) is 0 Å². The van der Waals surface area contributed by atoms with Crippen molar-refractivity contribution < 1.29 is 9.90 Å². The summed E-state index contributed by atoms with van der Waals surface area (Å²) in [6.07, 6.45) is 6.70. The van der Waals surface area contributed by atoms with Gasteiger partial charge < -0.3 is 10.4 Å². The van der Waals surface area contributed by atoms with Crippen LogP contribution in [0, 0.1) is 12.8 Å². The lowest BCUT2D eigenvalue weighted by atomic mass is 9.95. The third-order valence-corrected chi connectivity index (χ3v) is 3.58. The Morgan fingerprint density at radius 1 is 1.33 bits per heavy atom. The van der Waals surface area contributed by atoms with Gasteiger partial charge in [-0.15, -0.1) is 0 Å². The van der Waals surface area contributed by atoms with Crippen molar-refractivity contribution in [2.75, 3.05) is 5.32 Å². The maximum absolute atomic E-state index is 11.3. The Hall–Kier alpha value is -1.58. The molecule has 0 radical (unpaired) electrons. The Balaban J connectivity index is 2.08. The van der Waals surface area contributed by atoms with E-state index in [1.807, 2.05) is 19.1 Å². The molecule has 98 valence electrons. The van der Waals surface area contributed by atoms with Gasteiger partial charge in [0.25, 0.3) is 0 Å². The van der Waals surface area contributed by atoms with Gasteiger partial charge in [-0.1, -0.05) is 25.3 Å². The summed E-state index contributed by atoms with van der Waals surface area (Å²) in [5.74, 6) is -0.212. The molecule has 4 heteroatoms. The molecule has 2 atom stereocenters. The zero-order valence-electron chi connectivity index (χ0n) is 10.7. The number of aryl methyl sites for hydroxylation is 1. The predicted octanol–water partition coefficient (Wildman–Crippen LogP) is 2.84. The SMILES string of the molecule is Cc1ccc(NC2CCCCCC2C(=O)O)nc1. The van der Waals surface area contributed by atoms with E-state index in [9.17, 15) is 9.90 Å². The predicted molar refractivity (Wildman–Crippen MR) is 70.6 cm³/mol. The van der Waals surface area contributed by atoms with Crippen molar-refractivity contribution in [3.05, 3.63) is 23.9 Å². The first-order chi connectivity index (χ1) is 8.66. The van der Waals surface area contributed by atoms with E-state index >= 15 is 0 Å². The van der Waals surface area contributed by atoms with Crippen LogP contribution in [0.25, 0.3) is 0 Å². The van der Waals surface area contributed by atoms with Crippen LogP contribution in [0.4, 0.5) is 5.82 Å². The van der Waals surface area contributed by atoms with Crippen LogP contribution in [-0.4, -0.2) is 22.1 Å². The van der Waals surface area contributed by atoms with Gasteiger partial charge in [0.2, 0.25) is 0 Å². The number of carboxylic acids is 1. The first-order valence-corrected chi connectivity index (χ1v) is 6.59. The van der Waals surface area contributed by atoms with Crippen LogP contribution in [0.5, 0.6) is 0 Å². The molecule has 1 saturated carbocycles. The number of anilines is 1. The van der Waals surface area contributed by atoms with Crippen LogP contribution >= 0.6 is 0 Å². The zero-order valence-corrected chi connectivity index (χ0v) is 10.7. The lowest BCUT2D eigenvalue weighted by molar-refractivity contribution is -0.142. The smallest absolute Gasteiger partial charge is 0.308 e. The van der Waals surface area contributed by atoms with Gasteiger partial charge in [0.05, 0.1) is 5.92 Å². The molecule has 0 amide bonds. The van der Waals surface area contributed by atoms with Crippen LogP contribution in [-0.2, 0) is 4.79 Å². The van der Waals surface area contributed by atoms with Crippen molar-refractivity contribution in [2.45, 2.75) is 45.1 Å². The molecular weight excluding hydrogens is 228 g/mol. The first kappa shape index (κ1) is 12.9. The van der Waals surface area contributed by atoms with Gasteiger partial charge in [-0.05, 0) is 31.4 Å². The second-order valence-electron chi connectivity index (χ2n) is 5.05. The molecule has 4 nitrogen and oxygen atoms in total. The summed E-state index contributed by atoms with van der Waals surface area (Å²) in [6, 6.07) is 3.90. The number of carboxylic acid groups (broad SMARTS) is 1. The van der Waals surface area contributed by atoms with E-state index in [2.05, 4.69) is 10.3 Å². The van der Waals surface area contributed by atoms with Gasteiger partial charge in [-0.2, -0.15) is 0 Å². The molecule has 1 aliphatic rings. The molecule has 1 heterocycles. The molecular formula is C14H20N2O2. The lowest BCUT2D eigenvalue weighted by Crippen LogP contribution is -2.34. The molecule has 1 aromatic heterocycles. The summed E-state index contributed by atoms with van der Waals surface area (Å²) in [5, 5.41) is 12.6. The maximum atomic E-state index is 11.3. The fourth-order valence-electron chi connectivity index (χ4n) is 2.52. The second-order valence-corrected chi connectivity index (χ2v) is 5.05. The summed E-state index contributed by atoms with van der Waals surface area (Å²) in [7, 11) is 0. The minimum absolute atomic E-state index is 0.000191.